The lowest BCUT2D eigenvalue weighted by Gasteiger charge is -2.25. The molecule has 3 nitrogen and oxygen atoms in total. The summed E-state index contributed by atoms with van der Waals surface area (Å²) < 4.78 is 54.0. The number of aryl methyl sites for hydroxylation is 1. The first-order valence-electron chi connectivity index (χ1n) is 7.61. The molecule has 1 heterocycles. The molecule has 3 rings (SSSR count). The topological polar surface area (TPSA) is 29.5 Å². The van der Waals surface area contributed by atoms with Crippen molar-refractivity contribution in [2.24, 2.45) is 0 Å². The van der Waals surface area contributed by atoms with Gasteiger partial charge < -0.3 is 9.64 Å². The van der Waals surface area contributed by atoms with Gasteiger partial charge in [-0.2, -0.15) is 0 Å². The van der Waals surface area contributed by atoms with Crippen LogP contribution in [0.25, 0.3) is 0 Å². The van der Waals surface area contributed by atoms with Gasteiger partial charge in [0.15, 0.2) is 0 Å². The predicted octanol–water partition coefficient (Wildman–Crippen LogP) is 4.75. The first-order chi connectivity index (χ1) is 11.7. The highest BCUT2D eigenvalue weighted by Crippen LogP contribution is 2.34. The Hall–Kier alpha value is -2.57. The number of hydrogen-bond donors (Lipinski definition) is 0. The fourth-order valence-electron chi connectivity index (χ4n) is 3.08. The molecule has 0 fully saturated rings. The summed E-state index contributed by atoms with van der Waals surface area (Å²) in [6.07, 6.45) is -4.75. The minimum Gasteiger partial charge on any atom is -0.406 e. The number of alkyl halides is 3. The van der Waals surface area contributed by atoms with Crippen LogP contribution in [0.2, 0.25) is 0 Å². The summed E-state index contributed by atoms with van der Waals surface area (Å²) in [5.41, 5.74) is 2.34. The van der Waals surface area contributed by atoms with Gasteiger partial charge in [-0.1, -0.05) is 12.1 Å². The second-order valence-corrected chi connectivity index (χ2v) is 5.98. The largest absolute Gasteiger partial charge is 0.573 e. The minimum atomic E-state index is -4.75. The van der Waals surface area contributed by atoms with Crippen molar-refractivity contribution < 1.29 is 27.1 Å². The summed E-state index contributed by atoms with van der Waals surface area (Å²) in [6, 6.07) is 7.66. The summed E-state index contributed by atoms with van der Waals surface area (Å²) in [6.45, 7) is 3.71. The molecule has 1 amide bonds. The number of nitrogens with zero attached hydrogens (tertiary/aromatic N) is 1. The molecular weight excluding hydrogens is 338 g/mol. The second kappa shape index (κ2) is 6.06. The Kier molecular flexibility index (Phi) is 4.18. The zero-order chi connectivity index (χ0) is 18.4. The molecule has 2 aromatic rings. The van der Waals surface area contributed by atoms with Crippen molar-refractivity contribution in [3.05, 3.63) is 64.5 Å². The highest BCUT2D eigenvalue weighted by Gasteiger charge is 2.34. The van der Waals surface area contributed by atoms with Gasteiger partial charge in [-0.25, -0.2) is 4.39 Å². The molecule has 7 heteroatoms. The molecule has 132 valence electrons. The molecule has 25 heavy (non-hydrogen) atoms. The molecule has 0 bridgehead atoms. The Morgan fingerprint density at radius 2 is 1.80 bits per heavy atom. The first-order valence-corrected chi connectivity index (χ1v) is 7.61. The van der Waals surface area contributed by atoms with Crippen molar-refractivity contribution in [1.82, 2.24) is 4.90 Å². The normalized spacial score (nSPS) is 15.3. The van der Waals surface area contributed by atoms with Gasteiger partial charge in [0.05, 0.1) is 6.04 Å². The van der Waals surface area contributed by atoms with Crippen molar-refractivity contribution in [3.63, 3.8) is 0 Å². The van der Waals surface area contributed by atoms with E-state index < -0.39 is 12.2 Å². The second-order valence-electron chi connectivity index (χ2n) is 5.98. The SMILES string of the molecule is Cc1cc(F)cc2c1C(=O)N(C(C)c1ccc(OC(F)(F)F)cc1)C2. The molecule has 0 spiro atoms. The molecular formula is C18H15F4NO2. The summed E-state index contributed by atoms with van der Waals surface area (Å²) >= 11 is 0. The highest BCUT2D eigenvalue weighted by molar-refractivity contribution is 6.00. The summed E-state index contributed by atoms with van der Waals surface area (Å²) in [4.78, 5) is 14.2. The fraction of sp³-hybridized carbons (Fsp3) is 0.278. The Bertz CT molecular complexity index is 815. The van der Waals surface area contributed by atoms with Crippen LogP contribution >= 0.6 is 0 Å². The molecule has 1 aliphatic rings. The van der Waals surface area contributed by atoms with E-state index >= 15 is 0 Å². The van der Waals surface area contributed by atoms with E-state index in [1.54, 1.807) is 18.7 Å². The zero-order valence-corrected chi connectivity index (χ0v) is 13.5. The lowest BCUT2D eigenvalue weighted by Crippen LogP contribution is -2.27. The Labute approximate surface area is 141 Å². The zero-order valence-electron chi connectivity index (χ0n) is 13.5. The van der Waals surface area contributed by atoms with Gasteiger partial charge in [0.25, 0.3) is 5.91 Å². The van der Waals surface area contributed by atoms with Crippen molar-refractivity contribution in [2.45, 2.75) is 32.8 Å². The number of fused-ring (bicyclic) bond motifs is 1. The van der Waals surface area contributed by atoms with Crippen LogP contribution in [0.4, 0.5) is 17.6 Å². The molecule has 0 N–H and O–H groups in total. The first kappa shape index (κ1) is 17.3. The lowest BCUT2D eigenvalue weighted by molar-refractivity contribution is -0.274. The van der Waals surface area contributed by atoms with Crippen LogP contribution in [0.1, 0.15) is 40.0 Å². The average molecular weight is 353 g/mol. The van der Waals surface area contributed by atoms with Gasteiger partial charge in [0, 0.05) is 12.1 Å². The Morgan fingerprint density at radius 3 is 2.40 bits per heavy atom. The number of carbonyl (C=O) groups is 1. The number of carbonyl (C=O) groups excluding carboxylic acids is 1. The smallest absolute Gasteiger partial charge is 0.406 e. The van der Waals surface area contributed by atoms with Gasteiger partial charge >= 0.3 is 6.36 Å². The van der Waals surface area contributed by atoms with E-state index in [2.05, 4.69) is 4.74 Å². The highest BCUT2D eigenvalue weighted by atomic mass is 19.4. The quantitative estimate of drug-likeness (QED) is 0.746. The maximum Gasteiger partial charge on any atom is 0.573 e. The summed E-state index contributed by atoms with van der Waals surface area (Å²) in [5.74, 6) is -0.930. The fourth-order valence-corrected chi connectivity index (χ4v) is 3.08. The number of ether oxygens (including phenoxy) is 1. The number of hydrogen-bond acceptors (Lipinski definition) is 2. The van der Waals surface area contributed by atoms with Crippen LogP contribution in [0.5, 0.6) is 5.75 Å². The molecule has 0 saturated carbocycles. The van der Waals surface area contributed by atoms with Gasteiger partial charge in [-0.3, -0.25) is 4.79 Å². The number of amides is 1. The van der Waals surface area contributed by atoms with E-state index in [1.165, 1.54) is 36.4 Å². The third-order valence-electron chi connectivity index (χ3n) is 4.26. The molecule has 0 aliphatic carbocycles. The van der Waals surface area contributed by atoms with E-state index in [0.29, 0.717) is 22.3 Å². The molecule has 2 aromatic carbocycles. The third-order valence-corrected chi connectivity index (χ3v) is 4.26. The van der Waals surface area contributed by atoms with Crippen LogP contribution < -0.4 is 4.74 Å². The summed E-state index contributed by atoms with van der Waals surface area (Å²) in [7, 11) is 0. The van der Waals surface area contributed by atoms with Crippen molar-refractivity contribution in [2.75, 3.05) is 0 Å². The standard InChI is InChI=1S/C18H15F4NO2/c1-10-7-14(19)8-13-9-23(17(24)16(10)13)11(2)12-3-5-15(6-4-12)25-18(20,21)22/h3-8,11H,9H2,1-2H3. The van der Waals surface area contributed by atoms with Crippen molar-refractivity contribution in [3.8, 4) is 5.75 Å². The van der Waals surface area contributed by atoms with Gasteiger partial charge in [-0.05, 0) is 54.8 Å². The van der Waals surface area contributed by atoms with E-state index in [4.69, 9.17) is 0 Å². The van der Waals surface area contributed by atoms with Crippen molar-refractivity contribution >= 4 is 5.91 Å². The lowest BCUT2D eigenvalue weighted by atomic mass is 10.0. The molecule has 0 saturated heterocycles. The maximum atomic E-state index is 13.5. The third kappa shape index (κ3) is 3.45. The molecule has 1 unspecified atom stereocenters. The monoisotopic (exact) mass is 353 g/mol. The van der Waals surface area contributed by atoms with Crippen LogP contribution in [0, 0.1) is 12.7 Å². The van der Waals surface area contributed by atoms with Crippen LogP contribution in [-0.2, 0) is 6.54 Å². The molecule has 1 atom stereocenters. The van der Waals surface area contributed by atoms with E-state index in [-0.39, 0.29) is 24.2 Å². The van der Waals surface area contributed by atoms with Gasteiger partial charge in [0.2, 0.25) is 0 Å². The van der Waals surface area contributed by atoms with Crippen LogP contribution in [-0.4, -0.2) is 17.2 Å². The van der Waals surface area contributed by atoms with E-state index in [9.17, 15) is 22.4 Å². The summed E-state index contributed by atoms with van der Waals surface area (Å²) in [5, 5.41) is 0. The predicted molar refractivity (Wildman–Crippen MR) is 82.6 cm³/mol. The average Bonchev–Trinajstić information content (AvgIpc) is 2.82. The number of halogens is 4. The van der Waals surface area contributed by atoms with Gasteiger partial charge in [0.1, 0.15) is 11.6 Å². The van der Waals surface area contributed by atoms with Gasteiger partial charge in [-0.15, -0.1) is 13.2 Å². The number of rotatable bonds is 3. The molecule has 1 aliphatic heterocycles. The van der Waals surface area contributed by atoms with Crippen LogP contribution in [0.15, 0.2) is 36.4 Å². The van der Waals surface area contributed by atoms with E-state index in [1.807, 2.05) is 0 Å². The maximum absolute atomic E-state index is 13.5. The van der Waals surface area contributed by atoms with E-state index in [0.717, 1.165) is 0 Å². The molecule has 0 aromatic heterocycles. The molecule has 0 radical (unpaired) electrons. The Morgan fingerprint density at radius 1 is 1.16 bits per heavy atom. The minimum absolute atomic E-state index is 0.212. The van der Waals surface area contributed by atoms with Crippen LogP contribution in [0.3, 0.4) is 0 Å². The van der Waals surface area contributed by atoms with Crippen molar-refractivity contribution in [1.29, 1.82) is 0 Å². The number of benzene rings is 2. The Balaban J connectivity index is 1.81.